The molecule has 0 radical (unpaired) electrons. The molecule has 0 unspecified atom stereocenters. The normalized spacial score (nSPS) is 13.6. The summed E-state index contributed by atoms with van der Waals surface area (Å²) in [6.45, 7) is 3.77. The van der Waals surface area contributed by atoms with Gasteiger partial charge in [-0.3, -0.25) is 4.79 Å². The molecule has 0 bridgehead atoms. The maximum Gasteiger partial charge on any atom is 0.329 e. The van der Waals surface area contributed by atoms with Crippen LogP contribution >= 0.6 is 0 Å². The minimum Gasteiger partial charge on any atom is -0.467 e. The predicted octanol–water partition coefficient (Wildman–Crippen LogP) is 0.0745. The van der Waals surface area contributed by atoms with Gasteiger partial charge in [0, 0.05) is 6.42 Å². The topological polar surface area (TPSA) is 75.6 Å². The van der Waals surface area contributed by atoms with Crippen LogP contribution in [0.15, 0.2) is 0 Å². The van der Waals surface area contributed by atoms with Gasteiger partial charge in [-0.15, -0.1) is 12.3 Å². The maximum atomic E-state index is 11.5. The molecule has 0 fully saturated rings. The molecule has 0 aliphatic carbocycles. The van der Waals surface area contributed by atoms with Gasteiger partial charge < -0.3 is 15.2 Å². The van der Waals surface area contributed by atoms with Gasteiger partial charge in [0.05, 0.1) is 7.11 Å². The molecule has 96 valence electrons. The number of esters is 1. The zero-order chi connectivity index (χ0) is 13.4. The average Bonchev–Trinajstić information content (AvgIpc) is 2.26. The molecule has 0 saturated carbocycles. The molecule has 17 heavy (non-hydrogen) atoms. The maximum absolute atomic E-state index is 11.5. The van der Waals surface area contributed by atoms with Crippen molar-refractivity contribution in [2.24, 2.45) is 5.92 Å². The van der Waals surface area contributed by atoms with Crippen LogP contribution in [0.3, 0.4) is 0 Å². The van der Waals surface area contributed by atoms with E-state index in [0.717, 1.165) is 0 Å². The molecule has 2 N–H and O–H groups in total. The molecule has 0 aromatic rings. The fourth-order valence-electron chi connectivity index (χ4n) is 1.27. The van der Waals surface area contributed by atoms with E-state index in [1.165, 1.54) is 7.11 Å². The third kappa shape index (κ3) is 5.93. The van der Waals surface area contributed by atoms with Crippen LogP contribution in [0.1, 0.15) is 26.7 Å². The molecule has 0 rings (SSSR count). The summed E-state index contributed by atoms with van der Waals surface area (Å²) in [5.74, 6) is 1.23. The summed E-state index contributed by atoms with van der Waals surface area (Å²) >= 11 is 0. The first kappa shape index (κ1) is 15.5. The number of rotatable bonds is 6. The summed E-state index contributed by atoms with van der Waals surface area (Å²) in [5, 5.41) is 11.9. The average molecular weight is 241 g/mol. The smallest absolute Gasteiger partial charge is 0.329 e. The van der Waals surface area contributed by atoms with E-state index in [-0.39, 0.29) is 12.3 Å². The standard InChI is InChI=1S/C12H19NO4/c1-5-6-9(12(16)17-4)13-11(15)10(14)7-8(2)3/h1,8-10,14H,6-7H2,2-4H3,(H,13,15)/t9-,10+/m1/s1. The number of nitrogens with one attached hydrogen (secondary N) is 1. The van der Waals surface area contributed by atoms with Gasteiger partial charge in [-0.05, 0) is 12.3 Å². The Morgan fingerprint density at radius 2 is 2.06 bits per heavy atom. The van der Waals surface area contributed by atoms with Gasteiger partial charge in [-0.1, -0.05) is 13.8 Å². The Hall–Kier alpha value is -1.54. The van der Waals surface area contributed by atoms with Crippen LogP contribution in [0.2, 0.25) is 0 Å². The van der Waals surface area contributed by atoms with Crippen LogP contribution in [0.4, 0.5) is 0 Å². The molecule has 0 aliphatic rings. The molecule has 2 atom stereocenters. The number of hydrogen-bond acceptors (Lipinski definition) is 4. The van der Waals surface area contributed by atoms with E-state index in [0.29, 0.717) is 6.42 Å². The van der Waals surface area contributed by atoms with Crippen molar-refractivity contribution >= 4 is 11.9 Å². The minimum atomic E-state index is -1.14. The highest BCUT2D eigenvalue weighted by molar-refractivity contribution is 5.86. The van der Waals surface area contributed by atoms with Gasteiger partial charge in [0.1, 0.15) is 12.1 Å². The molecule has 0 spiro atoms. The van der Waals surface area contributed by atoms with Crippen LogP contribution in [0.5, 0.6) is 0 Å². The number of amides is 1. The van der Waals surface area contributed by atoms with Crippen molar-refractivity contribution in [2.75, 3.05) is 7.11 Å². The Labute approximate surface area is 102 Å². The summed E-state index contributed by atoms with van der Waals surface area (Å²) in [5.41, 5.74) is 0. The molecule has 0 saturated heterocycles. The second kappa shape index (κ2) is 7.69. The Kier molecular flexibility index (Phi) is 6.99. The molecule has 0 heterocycles. The van der Waals surface area contributed by atoms with E-state index >= 15 is 0 Å². The molecule has 0 aromatic carbocycles. The fraction of sp³-hybridized carbons (Fsp3) is 0.667. The number of terminal acetylenes is 1. The van der Waals surface area contributed by atoms with Gasteiger partial charge in [-0.2, -0.15) is 0 Å². The van der Waals surface area contributed by atoms with Crippen molar-refractivity contribution in [3.63, 3.8) is 0 Å². The molecular weight excluding hydrogens is 222 g/mol. The van der Waals surface area contributed by atoms with Crippen molar-refractivity contribution in [1.82, 2.24) is 5.32 Å². The lowest BCUT2D eigenvalue weighted by molar-refractivity contribution is -0.146. The SMILES string of the molecule is C#CC[C@@H](NC(=O)[C@@H](O)CC(C)C)C(=O)OC. The largest absolute Gasteiger partial charge is 0.467 e. The summed E-state index contributed by atoms with van der Waals surface area (Å²) in [4.78, 5) is 22.8. The van der Waals surface area contributed by atoms with Gasteiger partial charge in [0.25, 0.3) is 0 Å². The first-order valence-electron chi connectivity index (χ1n) is 5.42. The monoisotopic (exact) mass is 241 g/mol. The van der Waals surface area contributed by atoms with E-state index in [1.54, 1.807) is 0 Å². The van der Waals surface area contributed by atoms with Crippen molar-refractivity contribution in [2.45, 2.75) is 38.8 Å². The Morgan fingerprint density at radius 3 is 2.47 bits per heavy atom. The van der Waals surface area contributed by atoms with E-state index in [1.807, 2.05) is 13.8 Å². The minimum absolute atomic E-state index is 0.0345. The quantitative estimate of drug-likeness (QED) is 0.510. The number of hydrogen-bond donors (Lipinski definition) is 2. The highest BCUT2D eigenvalue weighted by atomic mass is 16.5. The molecular formula is C12H19NO4. The number of carbonyl (C=O) groups excluding carboxylic acids is 2. The van der Waals surface area contributed by atoms with Crippen molar-refractivity contribution in [3.8, 4) is 12.3 Å². The van der Waals surface area contributed by atoms with Crippen molar-refractivity contribution in [3.05, 3.63) is 0 Å². The zero-order valence-corrected chi connectivity index (χ0v) is 10.4. The highest BCUT2D eigenvalue weighted by Gasteiger charge is 2.24. The number of carbonyl (C=O) groups is 2. The Morgan fingerprint density at radius 1 is 1.47 bits per heavy atom. The van der Waals surface area contributed by atoms with Crippen LogP contribution in [0.25, 0.3) is 0 Å². The number of aliphatic hydroxyl groups excluding tert-OH is 1. The molecule has 5 heteroatoms. The summed E-state index contributed by atoms with van der Waals surface area (Å²) in [6.07, 6.45) is 4.31. The van der Waals surface area contributed by atoms with Crippen molar-refractivity contribution < 1.29 is 19.4 Å². The first-order valence-corrected chi connectivity index (χ1v) is 5.42. The lowest BCUT2D eigenvalue weighted by Crippen LogP contribution is -2.46. The second-order valence-corrected chi connectivity index (χ2v) is 4.14. The number of aliphatic hydroxyl groups is 1. The molecule has 1 amide bonds. The van der Waals surface area contributed by atoms with E-state index in [9.17, 15) is 14.7 Å². The highest BCUT2D eigenvalue weighted by Crippen LogP contribution is 2.05. The predicted molar refractivity (Wildman–Crippen MR) is 62.9 cm³/mol. The lowest BCUT2D eigenvalue weighted by Gasteiger charge is -2.17. The summed E-state index contributed by atoms with van der Waals surface area (Å²) < 4.78 is 4.50. The number of ether oxygens (including phenoxy) is 1. The third-order valence-corrected chi connectivity index (χ3v) is 2.12. The summed E-state index contributed by atoms with van der Waals surface area (Å²) in [6, 6.07) is -0.903. The molecule has 0 aromatic heterocycles. The van der Waals surface area contributed by atoms with E-state index in [4.69, 9.17) is 6.42 Å². The van der Waals surface area contributed by atoms with Crippen molar-refractivity contribution in [1.29, 1.82) is 0 Å². The lowest BCUT2D eigenvalue weighted by atomic mass is 10.1. The Balaban J connectivity index is 4.40. The van der Waals surface area contributed by atoms with E-state index in [2.05, 4.69) is 16.0 Å². The van der Waals surface area contributed by atoms with Gasteiger partial charge >= 0.3 is 5.97 Å². The third-order valence-electron chi connectivity index (χ3n) is 2.12. The first-order chi connectivity index (χ1) is 7.92. The van der Waals surface area contributed by atoms with Crippen LogP contribution in [0, 0.1) is 18.3 Å². The molecule has 0 aliphatic heterocycles. The van der Waals surface area contributed by atoms with Gasteiger partial charge in [0.2, 0.25) is 5.91 Å². The van der Waals surface area contributed by atoms with Gasteiger partial charge in [0.15, 0.2) is 0 Å². The second-order valence-electron chi connectivity index (χ2n) is 4.14. The van der Waals surface area contributed by atoms with Crippen LogP contribution < -0.4 is 5.32 Å². The van der Waals surface area contributed by atoms with E-state index < -0.39 is 24.0 Å². The molecule has 5 nitrogen and oxygen atoms in total. The van der Waals surface area contributed by atoms with Crippen LogP contribution in [-0.4, -0.2) is 36.2 Å². The van der Waals surface area contributed by atoms with Crippen LogP contribution in [-0.2, 0) is 14.3 Å². The van der Waals surface area contributed by atoms with Gasteiger partial charge in [-0.25, -0.2) is 4.79 Å². The fourth-order valence-corrected chi connectivity index (χ4v) is 1.27. The zero-order valence-electron chi connectivity index (χ0n) is 10.4. The Bertz CT molecular complexity index is 306. The number of methoxy groups -OCH3 is 1. The summed E-state index contributed by atoms with van der Waals surface area (Å²) in [7, 11) is 1.21.